The Balaban J connectivity index is 0.00000280. The minimum Gasteiger partial charge on any atom is -0.444 e. The van der Waals surface area contributed by atoms with E-state index in [1.165, 1.54) is 6.07 Å². The van der Waals surface area contributed by atoms with E-state index in [1.54, 1.807) is 24.5 Å². The third-order valence-electron chi connectivity index (χ3n) is 3.92. The van der Waals surface area contributed by atoms with Gasteiger partial charge in [0.15, 0.2) is 5.96 Å². The number of hydrogen-bond acceptors (Lipinski definition) is 7. The van der Waals surface area contributed by atoms with Crippen LogP contribution in [0.1, 0.15) is 5.56 Å². The third-order valence-corrected chi connectivity index (χ3v) is 3.92. The molecule has 1 aliphatic rings. The number of morpholine rings is 1. The Morgan fingerprint density at radius 2 is 2.00 bits per heavy atom. The molecule has 1 aromatic heterocycles. The molecule has 1 amide bonds. The van der Waals surface area contributed by atoms with Gasteiger partial charge in [0.2, 0.25) is 5.95 Å². The van der Waals surface area contributed by atoms with E-state index in [0.29, 0.717) is 43.4 Å². The lowest BCUT2D eigenvalue weighted by atomic mass is 10.1. The Morgan fingerprint density at radius 3 is 2.64 bits per heavy atom. The molecule has 1 aromatic carbocycles. The molecule has 0 unspecified atom stereocenters. The van der Waals surface area contributed by atoms with E-state index >= 15 is 0 Å². The number of halogens is 2. The minimum atomic E-state index is -0.925. The number of amides is 1. The van der Waals surface area contributed by atoms with Crippen LogP contribution in [0.4, 0.5) is 15.1 Å². The van der Waals surface area contributed by atoms with Gasteiger partial charge in [0.25, 0.3) is 0 Å². The highest BCUT2D eigenvalue weighted by atomic mass is 35.5. The van der Waals surface area contributed by atoms with Crippen LogP contribution < -0.4 is 16.0 Å². The van der Waals surface area contributed by atoms with Crippen molar-refractivity contribution >= 4 is 30.4 Å². The van der Waals surface area contributed by atoms with Gasteiger partial charge in [-0.25, -0.2) is 19.2 Å². The van der Waals surface area contributed by atoms with Crippen LogP contribution in [-0.4, -0.2) is 48.3 Å². The number of rotatable bonds is 4. The van der Waals surface area contributed by atoms with Crippen molar-refractivity contribution in [3.63, 3.8) is 0 Å². The maximum absolute atomic E-state index is 14.8. The predicted molar refractivity (Wildman–Crippen MR) is 103 cm³/mol. The van der Waals surface area contributed by atoms with E-state index in [2.05, 4.69) is 9.97 Å². The largest absolute Gasteiger partial charge is 0.444 e. The zero-order chi connectivity index (χ0) is 19.2. The van der Waals surface area contributed by atoms with Crippen molar-refractivity contribution in [3.05, 3.63) is 42.0 Å². The molecule has 0 saturated carbocycles. The molecule has 0 aliphatic carbocycles. The zero-order valence-corrected chi connectivity index (χ0v) is 15.7. The maximum Gasteiger partial charge on any atom is 0.414 e. The minimum absolute atomic E-state index is 0. The SMILES string of the molecule is Cl.N=C(N)NC(=O)OCc1cccc(-c2cnc(N3CCOCC3)nc2)c1F. The summed E-state index contributed by atoms with van der Waals surface area (Å²) < 4.78 is 24.9. The predicted octanol–water partition coefficient (Wildman–Crippen LogP) is 1.66. The molecule has 4 N–H and O–H groups in total. The van der Waals surface area contributed by atoms with Gasteiger partial charge in [0.05, 0.1) is 13.2 Å². The number of nitrogens with zero attached hydrogens (tertiary/aromatic N) is 3. The molecule has 2 aromatic rings. The van der Waals surface area contributed by atoms with Crippen LogP contribution in [0.2, 0.25) is 0 Å². The molecule has 0 bridgehead atoms. The van der Waals surface area contributed by atoms with Crippen LogP contribution in [0.25, 0.3) is 11.1 Å². The molecule has 11 heteroatoms. The fraction of sp³-hybridized carbons (Fsp3) is 0.294. The number of anilines is 1. The second-order valence-corrected chi connectivity index (χ2v) is 5.76. The molecule has 1 saturated heterocycles. The summed E-state index contributed by atoms with van der Waals surface area (Å²) in [6, 6.07) is 4.75. The van der Waals surface area contributed by atoms with Gasteiger partial charge in [-0.05, 0) is 0 Å². The molecular weight excluding hydrogens is 391 g/mol. The van der Waals surface area contributed by atoms with Crippen molar-refractivity contribution < 1.29 is 18.7 Å². The number of benzene rings is 1. The lowest BCUT2D eigenvalue weighted by Crippen LogP contribution is -2.37. The number of hydrogen-bond donors (Lipinski definition) is 3. The quantitative estimate of drug-likeness (QED) is 0.516. The van der Waals surface area contributed by atoms with E-state index in [1.807, 2.05) is 10.2 Å². The Morgan fingerprint density at radius 1 is 1.32 bits per heavy atom. The number of alkyl carbamates (subject to hydrolysis) is 1. The van der Waals surface area contributed by atoms with Crippen molar-refractivity contribution in [1.29, 1.82) is 5.41 Å². The van der Waals surface area contributed by atoms with Gasteiger partial charge in [-0.2, -0.15) is 0 Å². The number of carbonyl (C=O) groups excluding carboxylic acids is 1. The summed E-state index contributed by atoms with van der Waals surface area (Å²) >= 11 is 0. The second kappa shape index (κ2) is 9.81. The molecule has 1 fully saturated rings. The molecule has 28 heavy (non-hydrogen) atoms. The summed E-state index contributed by atoms with van der Waals surface area (Å²) in [5.41, 5.74) is 6.03. The summed E-state index contributed by atoms with van der Waals surface area (Å²) in [6.45, 7) is 2.37. The first-order valence-corrected chi connectivity index (χ1v) is 8.25. The number of aromatic nitrogens is 2. The summed E-state index contributed by atoms with van der Waals surface area (Å²) in [7, 11) is 0. The van der Waals surface area contributed by atoms with E-state index in [9.17, 15) is 9.18 Å². The standard InChI is InChI=1S/C17H19FN6O3.ClH/c18-14-11(10-27-17(25)23-15(19)20)2-1-3-13(14)12-8-21-16(22-9-12)24-4-6-26-7-5-24;/h1-3,8-9H,4-7,10H2,(H4,19,20,23,25);1H. The van der Waals surface area contributed by atoms with E-state index in [-0.39, 0.29) is 24.6 Å². The maximum atomic E-state index is 14.8. The number of ether oxygens (including phenoxy) is 2. The lowest BCUT2D eigenvalue weighted by Gasteiger charge is -2.26. The van der Waals surface area contributed by atoms with Crippen molar-refractivity contribution in [2.45, 2.75) is 6.61 Å². The summed E-state index contributed by atoms with van der Waals surface area (Å²) in [5, 5.41) is 8.92. The van der Waals surface area contributed by atoms with Gasteiger partial charge in [0, 0.05) is 42.2 Å². The highest BCUT2D eigenvalue weighted by molar-refractivity contribution is 5.90. The van der Waals surface area contributed by atoms with Gasteiger partial charge in [-0.1, -0.05) is 18.2 Å². The number of guanidine groups is 1. The Hall–Kier alpha value is -2.98. The van der Waals surface area contributed by atoms with E-state index in [4.69, 9.17) is 20.6 Å². The average Bonchev–Trinajstić information content (AvgIpc) is 2.67. The molecular formula is C17H20ClFN6O3. The first-order chi connectivity index (χ1) is 13.0. The van der Waals surface area contributed by atoms with Gasteiger partial charge in [0.1, 0.15) is 12.4 Å². The van der Waals surface area contributed by atoms with Gasteiger partial charge < -0.3 is 20.1 Å². The summed E-state index contributed by atoms with van der Waals surface area (Å²) in [5.74, 6) is -0.509. The van der Waals surface area contributed by atoms with Gasteiger partial charge in [-0.15, -0.1) is 12.4 Å². The molecule has 1 aliphatic heterocycles. The molecule has 0 spiro atoms. The van der Waals surface area contributed by atoms with Crippen LogP contribution in [0.5, 0.6) is 0 Å². The highest BCUT2D eigenvalue weighted by Gasteiger charge is 2.16. The summed E-state index contributed by atoms with van der Waals surface area (Å²) in [6.07, 6.45) is 2.19. The molecule has 2 heterocycles. The zero-order valence-electron chi connectivity index (χ0n) is 14.9. The second-order valence-electron chi connectivity index (χ2n) is 5.76. The topological polar surface area (TPSA) is 126 Å². The number of nitrogens with one attached hydrogen (secondary N) is 2. The smallest absolute Gasteiger partial charge is 0.414 e. The first kappa shape index (κ1) is 21.3. The normalized spacial score (nSPS) is 13.4. The van der Waals surface area contributed by atoms with Gasteiger partial charge in [-0.3, -0.25) is 10.7 Å². The van der Waals surface area contributed by atoms with E-state index in [0.717, 1.165) is 0 Å². The van der Waals surface area contributed by atoms with Crippen LogP contribution in [0, 0.1) is 11.2 Å². The fourth-order valence-electron chi connectivity index (χ4n) is 2.59. The first-order valence-electron chi connectivity index (χ1n) is 8.25. The van der Waals surface area contributed by atoms with Crippen molar-refractivity contribution in [3.8, 4) is 11.1 Å². The molecule has 0 radical (unpaired) electrons. The lowest BCUT2D eigenvalue weighted by molar-refractivity contribution is 0.122. The Bertz CT molecular complexity index is 830. The van der Waals surface area contributed by atoms with Crippen LogP contribution in [-0.2, 0) is 16.1 Å². The highest BCUT2D eigenvalue weighted by Crippen LogP contribution is 2.25. The average molecular weight is 411 g/mol. The van der Waals surface area contributed by atoms with Crippen molar-refractivity contribution in [1.82, 2.24) is 15.3 Å². The van der Waals surface area contributed by atoms with Crippen LogP contribution in [0.3, 0.4) is 0 Å². The van der Waals surface area contributed by atoms with Crippen molar-refractivity contribution in [2.24, 2.45) is 5.73 Å². The number of nitrogens with two attached hydrogens (primary N) is 1. The monoisotopic (exact) mass is 410 g/mol. The Labute approximate surface area is 167 Å². The van der Waals surface area contributed by atoms with Crippen molar-refractivity contribution in [2.75, 3.05) is 31.2 Å². The number of carbonyl (C=O) groups is 1. The Kier molecular flexibility index (Phi) is 7.47. The van der Waals surface area contributed by atoms with Gasteiger partial charge >= 0.3 is 6.09 Å². The van der Waals surface area contributed by atoms with E-state index < -0.39 is 17.9 Å². The van der Waals surface area contributed by atoms with Crippen LogP contribution in [0.15, 0.2) is 30.6 Å². The molecule has 150 valence electrons. The fourth-order valence-corrected chi connectivity index (χ4v) is 2.59. The summed E-state index contributed by atoms with van der Waals surface area (Å²) in [4.78, 5) is 22.0. The molecule has 0 atom stereocenters. The van der Waals surface area contributed by atoms with Crippen LogP contribution >= 0.6 is 12.4 Å². The molecule has 9 nitrogen and oxygen atoms in total. The molecule has 3 rings (SSSR count). The third kappa shape index (κ3) is 5.27.